The Morgan fingerprint density at radius 3 is 1.34 bits per heavy atom. The van der Waals surface area contributed by atoms with Gasteiger partial charge in [-0.1, -0.05) is 182 Å². The molecule has 1 aromatic heterocycles. The monoisotopic (exact) mass is 743 g/mol. The van der Waals surface area contributed by atoms with Crippen molar-refractivity contribution in [3.8, 4) is 44.5 Å². The van der Waals surface area contributed by atoms with Crippen LogP contribution in [0.15, 0.2) is 229 Å². The molecule has 0 aliphatic rings. The van der Waals surface area contributed by atoms with Gasteiger partial charge in [0.1, 0.15) is 11.2 Å². The molecule has 0 saturated heterocycles. The number of anilines is 3. The molecule has 0 spiro atoms. The van der Waals surface area contributed by atoms with Crippen LogP contribution in [-0.2, 0) is 0 Å². The quantitative estimate of drug-likeness (QED) is 0.162. The fraction of sp³-hybridized carbons (Fsp3) is 0. The fourth-order valence-corrected chi connectivity index (χ4v) is 8.29. The van der Waals surface area contributed by atoms with Gasteiger partial charge in [0.05, 0.1) is 5.48 Å². The molecule has 0 fully saturated rings. The molecule has 0 N–H and O–H groups in total. The summed E-state index contributed by atoms with van der Waals surface area (Å²) in [6.45, 7) is 0. The average Bonchev–Trinajstić information content (AvgIpc) is 3.72. The molecule has 0 unspecified atom stereocenters. The maximum absolute atomic E-state index is 9.56. The first kappa shape index (κ1) is 29.6. The van der Waals surface area contributed by atoms with Gasteiger partial charge in [0.15, 0.2) is 0 Å². The second-order valence-electron chi connectivity index (χ2n) is 14.6. The van der Waals surface area contributed by atoms with Crippen LogP contribution in [-0.4, -0.2) is 0 Å². The Hall–Kier alpha value is -7.68. The van der Waals surface area contributed by atoms with Crippen molar-refractivity contribution in [2.45, 2.75) is 0 Å². The van der Waals surface area contributed by atoms with E-state index in [1.807, 2.05) is 120 Å². The summed E-state index contributed by atoms with van der Waals surface area (Å²) in [6.07, 6.45) is 0. The van der Waals surface area contributed by atoms with Gasteiger partial charge >= 0.3 is 0 Å². The second-order valence-corrected chi connectivity index (χ2v) is 14.6. The minimum absolute atomic E-state index is 0.107. The zero-order valence-corrected chi connectivity index (χ0v) is 31.4. The van der Waals surface area contributed by atoms with Crippen molar-refractivity contribution >= 4 is 60.5 Å². The lowest BCUT2D eigenvalue weighted by atomic mass is 9.96. The third-order valence-electron chi connectivity index (χ3n) is 11.2. The van der Waals surface area contributed by atoms with Gasteiger partial charge in [-0.05, 0) is 103 Å². The van der Waals surface area contributed by atoms with Crippen LogP contribution in [0.25, 0.3) is 88.0 Å². The number of rotatable bonds is 7. The Morgan fingerprint density at radius 1 is 0.310 bits per heavy atom. The SMILES string of the molecule is [2H]c1c([2H])c(N(c2ccc(-c3cccc4ccccc34)cc2)c2ccc(-c3cccc4c3oc3ccccc34)cc2)c([2H])c([2H])c1-c1ccc(-c2cccc3ccccc23)cc1. The van der Waals surface area contributed by atoms with Crippen molar-refractivity contribution in [3.63, 3.8) is 0 Å². The predicted octanol–water partition coefficient (Wildman–Crippen LogP) is 16.0. The van der Waals surface area contributed by atoms with Gasteiger partial charge in [0, 0.05) is 33.4 Å². The van der Waals surface area contributed by atoms with Crippen molar-refractivity contribution in [2.75, 3.05) is 4.90 Å². The van der Waals surface area contributed by atoms with E-state index in [1.165, 1.54) is 0 Å². The van der Waals surface area contributed by atoms with E-state index >= 15 is 0 Å². The van der Waals surface area contributed by atoms with Crippen molar-refractivity contribution in [1.82, 2.24) is 0 Å². The van der Waals surface area contributed by atoms with E-state index in [2.05, 4.69) is 84.9 Å². The molecule has 0 aliphatic carbocycles. The molecule has 0 amide bonds. The number of fused-ring (bicyclic) bond motifs is 5. The van der Waals surface area contributed by atoms with Crippen molar-refractivity contribution < 1.29 is 9.90 Å². The van der Waals surface area contributed by atoms with E-state index in [1.54, 1.807) is 0 Å². The van der Waals surface area contributed by atoms with Gasteiger partial charge in [-0.15, -0.1) is 0 Å². The second kappa shape index (κ2) is 14.1. The summed E-state index contributed by atoms with van der Waals surface area (Å²) in [5.74, 6) is 0. The van der Waals surface area contributed by atoms with E-state index < -0.39 is 0 Å². The highest BCUT2D eigenvalue weighted by atomic mass is 16.3. The van der Waals surface area contributed by atoms with Gasteiger partial charge < -0.3 is 9.32 Å². The number of para-hydroxylation sites is 2. The summed E-state index contributed by atoms with van der Waals surface area (Å²) in [6, 6.07) is 66.7. The molecule has 0 aliphatic heterocycles. The van der Waals surface area contributed by atoms with Crippen molar-refractivity contribution in [1.29, 1.82) is 0 Å². The number of furan rings is 1. The zero-order chi connectivity index (χ0) is 41.9. The van der Waals surface area contributed by atoms with Crippen LogP contribution in [0.3, 0.4) is 0 Å². The summed E-state index contributed by atoms with van der Waals surface area (Å²) >= 11 is 0. The lowest BCUT2D eigenvalue weighted by Crippen LogP contribution is -2.09. The van der Waals surface area contributed by atoms with Crippen LogP contribution >= 0.6 is 0 Å². The Kier molecular flexibility index (Phi) is 7.20. The molecule has 0 saturated carbocycles. The van der Waals surface area contributed by atoms with Crippen LogP contribution in [0.5, 0.6) is 0 Å². The molecule has 11 aromatic rings. The van der Waals surface area contributed by atoms with E-state index in [0.717, 1.165) is 76.9 Å². The van der Waals surface area contributed by atoms with E-state index in [0.29, 0.717) is 16.9 Å². The van der Waals surface area contributed by atoms with Gasteiger partial charge in [-0.2, -0.15) is 0 Å². The van der Waals surface area contributed by atoms with Crippen LogP contribution in [0.2, 0.25) is 0 Å². The molecule has 11 rings (SSSR count). The zero-order valence-electron chi connectivity index (χ0n) is 35.4. The molecular formula is C56H37NO. The molecule has 0 radical (unpaired) electrons. The molecule has 2 heteroatoms. The normalized spacial score (nSPS) is 12.4. The number of hydrogen-bond donors (Lipinski definition) is 0. The van der Waals surface area contributed by atoms with Crippen LogP contribution in [0.1, 0.15) is 5.48 Å². The molecular weight excluding hydrogens is 703 g/mol. The van der Waals surface area contributed by atoms with Crippen molar-refractivity contribution in [3.05, 3.63) is 224 Å². The van der Waals surface area contributed by atoms with Gasteiger partial charge in [0.2, 0.25) is 0 Å². The molecule has 1 heterocycles. The third-order valence-corrected chi connectivity index (χ3v) is 11.2. The number of hydrogen-bond acceptors (Lipinski definition) is 2. The molecule has 272 valence electrons. The average molecular weight is 744 g/mol. The topological polar surface area (TPSA) is 16.4 Å². The lowest BCUT2D eigenvalue weighted by molar-refractivity contribution is 0.670. The highest BCUT2D eigenvalue weighted by Crippen LogP contribution is 2.41. The first-order chi connectivity index (χ1) is 30.4. The summed E-state index contributed by atoms with van der Waals surface area (Å²) in [5.41, 5.74) is 10.2. The first-order valence-corrected chi connectivity index (χ1v) is 19.5. The smallest absolute Gasteiger partial charge is 0.143 e. The minimum atomic E-state index is -0.131. The first-order valence-electron chi connectivity index (χ1n) is 21.5. The van der Waals surface area contributed by atoms with Gasteiger partial charge in [0.25, 0.3) is 0 Å². The van der Waals surface area contributed by atoms with Gasteiger partial charge in [-0.25, -0.2) is 0 Å². The Bertz CT molecular complexity index is 3460. The van der Waals surface area contributed by atoms with E-state index in [-0.39, 0.29) is 35.4 Å². The summed E-state index contributed by atoms with van der Waals surface area (Å²) < 4.78 is 44.3. The summed E-state index contributed by atoms with van der Waals surface area (Å²) in [7, 11) is 0. The third kappa shape index (κ3) is 5.91. The van der Waals surface area contributed by atoms with E-state index in [4.69, 9.17) is 4.42 Å². The maximum Gasteiger partial charge on any atom is 0.143 e. The molecule has 58 heavy (non-hydrogen) atoms. The molecule has 0 atom stereocenters. The highest BCUT2D eigenvalue weighted by Gasteiger charge is 2.16. The fourth-order valence-electron chi connectivity index (χ4n) is 8.29. The summed E-state index contributed by atoms with van der Waals surface area (Å²) in [4.78, 5) is 1.84. The Balaban J connectivity index is 1.03. The van der Waals surface area contributed by atoms with Gasteiger partial charge in [-0.3, -0.25) is 0 Å². The van der Waals surface area contributed by atoms with E-state index in [9.17, 15) is 5.48 Å². The van der Waals surface area contributed by atoms with Crippen LogP contribution in [0.4, 0.5) is 17.1 Å². The maximum atomic E-state index is 9.56. The largest absolute Gasteiger partial charge is 0.455 e. The predicted molar refractivity (Wildman–Crippen MR) is 245 cm³/mol. The van der Waals surface area contributed by atoms with Crippen LogP contribution < -0.4 is 4.90 Å². The molecule has 0 bridgehead atoms. The number of benzene rings is 10. The summed E-state index contributed by atoms with van der Waals surface area (Å²) in [5, 5.41) is 6.70. The molecule has 2 nitrogen and oxygen atoms in total. The Labute approximate surface area is 343 Å². The molecule has 10 aromatic carbocycles. The van der Waals surface area contributed by atoms with Crippen LogP contribution in [0, 0.1) is 0 Å². The van der Waals surface area contributed by atoms with Crippen molar-refractivity contribution in [2.24, 2.45) is 0 Å². The highest BCUT2D eigenvalue weighted by molar-refractivity contribution is 6.09. The Morgan fingerprint density at radius 2 is 0.741 bits per heavy atom. The standard InChI is InChI=1S/C56H37NO/c1-3-14-48-40(10-1)12-7-17-50(48)42-24-22-38(23-25-42)39-26-32-45(33-27-39)57(46-34-28-43(29-35-46)51-18-8-13-41-11-2-4-15-49(41)51)47-36-30-44(31-37-47)52-19-9-20-54-53-16-5-6-21-55(53)58-56(52)54/h1-37H/i26D,27D,32D,33D. The number of nitrogens with zero attached hydrogens (tertiary/aromatic N) is 1. The minimum Gasteiger partial charge on any atom is -0.455 e. The lowest BCUT2D eigenvalue weighted by Gasteiger charge is -2.26.